The van der Waals surface area contributed by atoms with Gasteiger partial charge >= 0.3 is 0 Å². The summed E-state index contributed by atoms with van der Waals surface area (Å²) in [6, 6.07) is 3.60. The molecule has 1 atom stereocenters. The molecular weight excluding hydrogens is 268 g/mol. The molecule has 0 aromatic carbocycles. The molecule has 0 aliphatic carbocycles. The molecule has 1 saturated heterocycles. The maximum absolute atomic E-state index is 11.8. The van der Waals surface area contributed by atoms with Crippen LogP contribution in [0.4, 0.5) is 0 Å². The highest BCUT2D eigenvalue weighted by molar-refractivity contribution is 7.94. The van der Waals surface area contributed by atoms with Gasteiger partial charge in [0.05, 0.1) is 12.3 Å². The van der Waals surface area contributed by atoms with Crippen molar-refractivity contribution in [1.82, 2.24) is 9.62 Å². The van der Waals surface area contributed by atoms with Crippen LogP contribution in [0.1, 0.15) is 32.6 Å². The predicted molar refractivity (Wildman–Crippen MR) is 69.8 cm³/mol. The number of sulfonamides is 1. The molecule has 0 spiro atoms. The highest BCUT2D eigenvalue weighted by Gasteiger charge is 2.59. The van der Waals surface area contributed by atoms with Gasteiger partial charge in [0, 0.05) is 13.1 Å². The molecule has 6 nitrogen and oxygen atoms in total. The van der Waals surface area contributed by atoms with E-state index in [4.69, 9.17) is 4.42 Å². The summed E-state index contributed by atoms with van der Waals surface area (Å²) >= 11 is 0. The molecule has 19 heavy (non-hydrogen) atoms. The third-order valence-electron chi connectivity index (χ3n) is 3.41. The SMILES string of the molecule is CC(NCCN1C(=O)C(C)(C)S1(=O)=O)c1ccco1. The molecule has 1 aromatic heterocycles. The number of carbonyl (C=O) groups excluding carboxylic acids is 1. The molecule has 0 radical (unpaired) electrons. The van der Waals surface area contributed by atoms with E-state index in [1.807, 2.05) is 13.0 Å². The Labute approximate surface area is 112 Å². The maximum atomic E-state index is 11.8. The molecule has 1 aliphatic heterocycles. The van der Waals surface area contributed by atoms with E-state index in [9.17, 15) is 13.2 Å². The highest BCUT2D eigenvalue weighted by atomic mass is 32.2. The van der Waals surface area contributed by atoms with E-state index in [-0.39, 0.29) is 18.5 Å². The molecule has 2 rings (SSSR count). The Balaban J connectivity index is 1.86. The van der Waals surface area contributed by atoms with Crippen molar-refractivity contribution in [3.05, 3.63) is 24.2 Å². The topological polar surface area (TPSA) is 79.6 Å². The summed E-state index contributed by atoms with van der Waals surface area (Å²) in [7, 11) is -3.48. The number of furan rings is 1. The number of hydrogen-bond donors (Lipinski definition) is 1. The second-order valence-corrected chi connectivity index (χ2v) is 7.50. The van der Waals surface area contributed by atoms with Crippen molar-refractivity contribution < 1.29 is 17.6 Å². The zero-order valence-electron chi connectivity index (χ0n) is 11.2. The van der Waals surface area contributed by atoms with E-state index in [0.29, 0.717) is 6.54 Å². The molecule has 0 saturated carbocycles. The Kier molecular flexibility index (Phi) is 3.44. The summed E-state index contributed by atoms with van der Waals surface area (Å²) in [6.07, 6.45) is 1.58. The van der Waals surface area contributed by atoms with E-state index in [2.05, 4.69) is 5.32 Å². The van der Waals surface area contributed by atoms with Gasteiger partial charge in [-0.05, 0) is 32.9 Å². The molecule has 1 aliphatic rings. The summed E-state index contributed by atoms with van der Waals surface area (Å²) < 4.78 is 28.6. The highest BCUT2D eigenvalue weighted by Crippen LogP contribution is 2.34. The van der Waals surface area contributed by atoms with Crippen LogP contribution in [0.3, 0.4) is 0 Å². The van der Waals surface area contributed by atoms with Crippen LogP contribution in [0.5, 0.6) is 0 Å². The van der Waals surface area contributed by atoms with Crippen LogP contribution in [0.25, 0.3) is 0 Å². The average molecular weight is 286 g/mol. The van der Waals surface area contributed by atoms with Crippen molar-refractivity contribution in [3.63, 3.8) is 0 Å². The third kappa shape index (κ3) is 2.17. The quantitative estimate of drug-likeness (QED) is 0.869. The van der Waals surface area contributed by atoms with Crippen LogP contribution in [0.2, 0.25) is 0 Å². The number of rotatable bonds is 5. The first-order valence-corrected chi connectivity index (χ1v) is 7.56. The monoisotopic (exact) mass is 286 g/mol. The first-order chi connectivity index (χ1) is 8.78. The van der Waals surface area contributed by atoms with Crippen LogP contribution in [0.15, 0.2) is 22.8 Å². The van der Waals surface area contributed by atoms with Gasteiger partial charge in [-0.25, -0.2) is 12.7 Å². The maximum Gasteiger partial charge on any atom is 0.258 e. The summed E-state index contributed by atoms with van der Waals surface area (Å²) in [5.74, 6) is 0.429. The lowest BCUT2D eigenvalue weighted by Crippen LogP contribution is -2.68. The van der Waals surface area contributed by atoms with Gasteiger partial charge < -0.3 is 9.73 Å². The Bertz CT molecular complexity index is 563. The number of amides is 1. The Morgan fingerprint density at radius 2 is 2.16 bits per heavy atom. The summed E-state index contributed by atoms with van der Waals surface area (Å²) in [6.45, 7) is 5.31. The van der Waals surface area contributed by atoms with Crippen LogP contribution in [-0.4, -0.2) is 36.5 Å². The number of carbonyl (C=O) groups is 1. The molecule has 1 unspecified atom stereocenters. The zero-order valence-corrected chi connectivity index (χ0v) is 12.0. The Morgan fingerprint density at radius 3 is 2.68 bits per heavy atom. The lowest BCUT2D eigenvalue weighted by Gasteiger charge is -2.43. The number of nitrogens with zero attached hydrogens (tertiary/aromatic N) is 1. The molecule has 1 fully saturated rings. The second kappa shape index (κ2) is 4.64. The first kappa shape index (κ1) is 14.1. The van der Waals surface area contributed by atoms with Gasteiger partial charge in [0.1, 0.15) is 5.76 Å². The summed E-state index contributed by atoms with van der Waals surface area (Å²) in [4.78, 5) is 11.7. The lowest BCUT2D eigenvalue weighted by molar-refractivity contribution is -0.132. The van der Waals surface area contributed by atoms with Gasteiger partial charge in [-0.3, -0.25) is 4.79 Å². The minimum atomic E-state index is -3.48. The molecule has 1 N–H and O–H groups in total. The molecule has 1 amide bonds. The van der Waals surface area contributed by atoms with Gasteiger partial charge in [0.2, 0.25) is 0 Å². The first-order valence-electron chi connectivity index (χ1n) is 6.12. The van der Waals surface area contributed by atoms with E-state index in [0.717, 1.165) is 10.1 Å². The number of nitrogens with one attached hydrogen (secondary N) is 1. The zero-order chi connectivity index (χ0) is 14.3. The van der Waals surface area contributed by atoms with Crippen molar-refractivity contribution in [3.8, 4) is 0 Å². The van der Waals surface area contributed by atoms with Gasteiger partial charge in [-0.1, -0.05) is 0 Å². The van der Waals surface area contributed by atoms with E-state index in [1.54, 1.807) is 12.3 Å². The van der Waals surface area contributed by atoms with Gasteiger partial charge in [-0.15, -0.1) is 0 Å². The molecule has 1 aromatic rings. The minimum absolute atomic E-state index is 0.0258. The van der Waals surface area contributed by atoms with Crippen molar-refractivity contribution in [1.29, 1.82) is 0 Å². The fourth-order valence-electron chi connectivity index (χ4n) is 2.00. The van der Waals surface area contributed by atoms with Crippen LogP contribution in [-0.2, 0) is 14.8 Å². The molecule has 2 heterocycles. The average Bonchev–Trinajstić information content (AvgIpc) is 2.86. The molecule has 106 valence electrons. The van der Waals surface area contributed by atoms with Gasteiger partial charge in [-0.2, -0.15) is 0 Å². The van der Waals surface area contributed by atoms with E-state index < -0.39 is 14.8 Å². The third-order valence-corrected chi connectivity index (χ3v) is 5.81. The molecule has 0 bridgehead atoms. The van der Waals surface area contributed by atoms with Crippen molar-refractivity contribution in [2.45, 2.75) is 31.6 Å². The van der Waals surface area contributed by atoms with Crippen LogP contribution in [0, 0.1) is 0 Å². The van der Waals surface area contributed by atoms with Gasteiger partial charge in [0.15, 0.2) is 4.75 Å². The second-order valence-electron chi connectivity index (χ2n) is 5.08. The standard InChI is InChI=1S/C12H18N2O4S/c1-9(10-5-4-8-18-10)13-6-7-14-11(15)12(2,3)19(14,16)17/h4-5,8-9,13H,6-7H2,1-3H3. The smallest absolute Gasteiger partial charge is 0.258 e. The van der Waals surface area contributed by atoms with Gasteiger partial charge in [0.25, 0.3) is 15.9 Å². The normalized spacial score (nSPS) is 22.1. The minimum Gasteiger partial charge on any atom is -0.468 e. The van der Waals surface area contributed by atoms with Crippen LogP contribution >= 0.6 is 0 Å². The lowest BCUT2D eigenvalue weighted by atomic mass is 10.2. The van der Waals surface area contributed by atoms with Crippen molar-refractivity contribution in [2.75, 3.05) is 13.1 Å². The van der Waals surface area contributed by atoms with E-state index >= 15 is 0 Å². The van der Waals surface area contributed by atoms with Crippen LogP contribution < -0.4 is 5.32 Å². The van der Waals surface area contributed by atoms with E-state index in [1.165, 1.54) is 13.8 Å². The Hall–Kier alpha value is -1.34. The summed E-state index contributed by atoms with van der Waals surface area (Å²) in [5.41, 5.74) is 0. The molecule has 7 heteroatoms. The predicted octanol–water partition coefficient (Wildman–Crippen LogP) is 0.881. The van der Waals surface area contributed by atoms with Crippen molar-refractivity contribution >= 4 is 15.9 Å². The largest absolute Gasteiger partial charge is 0.468 e. The summed E-state index contributed by atoms with van der Waals surface area (Å²) in [5, 5.41) is 3.12. The Morgan fingerprint density at radius 1 is 1.47 bits per heavy atom. The molecular formula is C12H18N2O4S. The number of hydrogen-bond acceptors (Lipinski definition) is 5. The fraction of sp³-hybridized carbons (Fsp3) is 0.583. The van der Waals surface area contributed by atoms with Crippen molar-refractivity contribution in [2.24, 2.45) is 0 Å². The fourth-order valence-corrected chi connectivity index (χ4v) is 3.53.